The number of nitrogens with two attached hydrogens (primary N) is 1. The van der Waals surface area contributed by atoms with Gasteiger partial charge in [-0.1, -0.05) is 0 Å². The molecule has 1 aliphatic heterocycles. The Morgan fingerprint density at radius 3 is 2.70 bits per heavy atom. The van der Waals surface area contributed by atoms with E-state index in [0.717, 1.165) is 26.1 Å². The van der Waals surface area contributed by atoms with Gasteiger partial charge in [0.1, 0.15) is 0 Å². The Balaban J connectivity index is 1.90. The summed E-state index contributed by atoms with van der Waals surface area (Å²) in [7, 11) is 0. The van der Waals surface area contributed by atoms with E-state index in [1.54, 1.807) is 0 Å². The van der Waals surface area contributed by atoms with E-state index in [-0.39, 0.29) is 0 Å². The first-order chi connectivity index (χ1) is 9.79. The van der Waals surface area contributed by atoms with Crippen molar-refractivity contribution in [2.45, 2.75) is 32.1 Å². The summed E-state index contributed by atoms with van der Waals surface area (Å²) >= 11 is 1.88. The number of aromatic nitrogens is 3. The van der Waals surface area contributed by atoms with Crippen LogP contribution in [0, 0.1) is 0 Å². The number of anilines is 3. The van der Waals surface area contributed by atoms with Crippen molar-refractivity contribution in [2.75, 3.05) is 47.6 Å². The minimum absolute atomic E-state index is 0.298. The predicted octanol–water partition coefficient (Wildman–Crippen LogP) is 2.00. The molecular formula is C13H24N6S. The maximum absolute atomic E-state index is 5.79. The molecule has 0 saturated carbocycles. The molecule has 1 aromatic heterocycles. The lowest BCUT2D eigenvalue weighted by Crippen LogP contribution is -2.31. The van der Waals surface area contributed by atoms with Crippen LogP contribution in [0.4, 0.5) is 17.8 Å². The predicted molar refractivity (Wildman–Crippen MR) is 86.4 cm³/mol. The zero-order valence-electron chi connectivity index (χ0n) is 12.1. The van der Waals surface area contributed by atoms with Crippen LogP contribution in [0.25, 0.3) is 0 Å². The fraction of sp³-hybridized carbons (Fsp3) is 0.769. The van der Waals surface area contributed by atoms with E-state index in [0.29, 0.717) is 17.8 Å². The Kier molecular flexibility index (Phi) is 6.17. The highest BCUT2D eigenvalue weighted by atomic mass is 32.2. The van der Waals surface area contributed by atoms with Crippen LogP contribution in [0.15, 0.2) is 0 Å². The van der Waals surface area contributed by atoms with E-state index in [1.165, 1.54) is 31.4 Å². The van der Waals surface area contributed by atoms with Gasteiger partial charge in [-0.05, 0) is 44.1 Å². The van der Waals surface area contributed by atoms with Crippen LogP contribution in [0.5, 0.6) is 0 Å². The number of hydrogen-bond donors (Lipinski definition) is 2. The molecule has 2 heterocycles. The van der Waals surface area contributed by atoms with Crippen molar-refractivity contribution in [3.8, 4) is 0 Å². The van der Waals surface area contributed by atoms with E-state index in [9.17, 15) is 0 Å². The maximum atomic E-state index is 5.79. The lowest BCUT2D eigenvalue weighted by molar-refractivity contribution is 0.568. The van der Waals surface area contributed by atoms with Crippen molar-refractivity contribution >= 4 is 29.6 Å². The number of nitrogens with one attached hydrogen (secondary N) is 1. The van der Waals surface area contributed by atoms with Crippen LogP contribution in [0.2, 0.25) is 0 Å². The summed E-state index contributed by atoms with van der Waals surface area (Å²) in [6, 6.07) is 0. The quantitative estimate of drug-likeness (QED) is 0.745. The van der Waals surface area contributed by atoms with Gasteiger partial charge in [-0.15, -0.1) is 0 Å². The molecule has 1 aromatic rings. The summed E-state index contributed by atoms with van der Waals surface area (Å²) in [6.07, 6.45) is 8.13. The van der Waals surface area contributed by atoms with Crippen LogP contribution in [0.1, 0.15) is 32.1 Å². The average Bonchev–Trinajstić information content (AvgIpc) is 2.47. The van der Waals surface area contributed by atoms with Gasteiger partial charge >= 0.3 is 0 Å². The fourth-order valence-electron chi connectivity index (χ4n) is 2.27. The Hall–Kier alpha value is -1.24. The molecule has 0 spiro atoms. The van der Waals surface area contributed by atoms with E-state index >= 15 is 0 Å². The molecule has 0 atom stereocenters. The lowest BCUT2D eigenvalue weighted by atomic mass is 10.1. The summed E-state index contributed by atoms with van der Waals surface area (Å²) in [5, 5.41) is 3.25. The number of nitrogens with zero attached hydrogens (tertiary/aromatic N) is 4. The van der Waals surface area contributed by atoms with Crippen molar-refractivity contribution < 1.29 is 0 Å². The second-order valence-electron chi connectivity index (χ2n) is 4.99. The lowest BCUT2D eigenvalue weighted by Gasteiger charge is -2.26. The third kappa shape index (κ3) is 4.70. The third-order valence-corrected chi connectivity index (χ3v) is 4.04. The van der Waals surface area contributed by atoms with Gasteiger partial charge in [-0.2, -0.15) is 26.7 Å². The van der Waals surface area contributed by atoms with Crippen LogP contribution >= 0.6 is 11.8 Å². The van der Waals surface area contributed by atoms with Gasteiger partial charge in [0.15, 0.2) is 0 Å². The number of unbranched alkanes of at least 4 members (excludes halogenated alkanes) is 1. The number of piperidine rings is 1. The summed E-state index contributed by atoms with van der Waals surface area (Å²) < 4.78 is 0. The molecule has 112 valence electrons. The number of thioether (sulfide) groups is 1. The van der Waals surface area contributed by atoms with E-state index < -0.39 is 0 Å². The number of hydrogen-bond acceptors (Lipinski definition) is 7. The molecule has 2 rings (SSSR count). The van der Waals surface area contributed by atoms with Crippen LogP contribution in [-0.4, -0.2) is 46.6 Å². The molecule has 6 nitrogen and oxygen atoms in total. The third-order valence-electron chi connectivity index (χ3n) is 3.34. The summed E-state index contributed by atoms with van der Waals surface area (Å²) in [4.78, 5) is 15.1. The van der Waals surface area contributed by atoms with Gasteiger partial charge in [-0.3, -0.25) is 0 Å². The molecule has 0 unspecified atom stereocenters. The molecule has 1 fully saturated rings. The standard InChI is InChI=1S/C13H24N6S/c1-20-10-6-3-7-15-12-16-11(14)17-13(18-12)19-8-4-2-5-9-19/h2-10H2,1H3,(H3,14,15,16,17,18). The smallest absolute Gasteiger partial charge is 0.231 e. The second kappa shape index (κ2) is 8.14. The molecule has 0 aromatic carbocycles. The largest absolute Gasteiger partial charge is 0.368 e. The molecule has 7 heteroatoms. The minimum Gasteiger partial charge on any atom is -0.368 e. The van der Waals surface area contributed by atoms with Gasteiger partial charge in [0, 0.05) is 19.6 Å². The molecule has 0 aliphatic carbocycles. The zero-order valence-corrected chi connectivity index (χ0v) is 13.0. The van der Waals surface area contributed by atoms with E-state index in [4.69, 9.17) is 5.73 Å². The van der Waals surface area contributed by atoms with Crippen molar-refractivity contribution in [2.24, 2.45) is 0 Å². The van der Waals surface area contributed by atoms with Crippen molar-refractivity contribution in [1.29, 1.82) is 0 Å². The van der Waals surface area contributed by atoms with Crippen molar-refractivity contribution in [3.63, 3.8) is 0 Å². The number of nitrogen functional groups attached to an aromatic ring is 1. The first-order valence-electron chi connectivity index (χ1n) is 7.29. The number of rotatable bonds is 7. The molecule has 0 amide bonds. The molecule has 0 bridgehead atoms. The second-order valence-corrected chi connectivity index (χ2v) is 5.98. The van der Waals surface area contributed by atoms with Gasteiger partial charge in [-0.25, -0.2) is 0 Å². The maximum Gasteiger partial charge on any atom is 0.231 e. The van der Waals surface area contributed by atoms with Gasteiger partial charge in [0.25, 0.3) is 0 Å². The zero-order chi connectivity index (χ0) is 14.2. The van der Waals surface area contributed by atoms with Crippen molar-refractivity contribution in [3.05, 3.63) is 0 Å². The SMILES string of the molecule is CSCCCCNc1nc(N)nc(N2CCCCC2)n1. The van der Waals surface area contributed by atoms with Crippen LogP contribution in [0.3, 0.4) is 0 Å². The first-order valence-corrected chi connectivity index (χ1v) is 8.68. The highest BCUT2D eigenvalue weighted by molar-refractivity contribution is 7.98. The summed E-state index contributed by atoms with van der Waals surface area (Å²) in [5.41, 5.74) is 5.79. The highest BCUT2D eigenvalue weighted by Crippen LogP contribution is 2.17. The van der Waals surface area contributed by atoms with Gasteiger partial charge < -0.3 is 16.0 Å². The van der Waals surface area contributed by atoms with E-state index in [2.05, 4.69) is 31.4 Å². The molecule has 1 aliphatic rings. The topological polar surface area (TPSA) is 80.0 Å². The normalized spacial score (nSPS) is 15.3. The van der Waals surface area contributed by atoms with Crippen LogP contribution < -0.4 is 16.0 Å². The Labute approximate surface area is 125 Å². The molecule has 20 heavy (non-hydrogen) atoms. The Morgan fingerprint density at radius 2 is 1.95 bits per heavy atom. The molecule has 3 N–H and O–H groups in total. The Morgan fingerprint density at radius 1 is 1.15 bits per heavy atom. The molecule has 1 saturated heterocycles. The highest BCUT2D eigenvalue weighted by Gasteiger charge is 2.15. The fourth-order valence-corrected chi connectivity index (χ4v) is 2.76. The van der Waals surface area contributed by atoms with Crippen LogP contribution in [-0.2, 0) is 0 Å². The van der Waals surface area contributed by atoms with Gasteiger partial charge in [0.05, 0.1) is 0 Å². The summed E-state index contributed by atoms with van der Waals surface area (Å²) in [6.45, 7) is 2.90. The molecule has 0 radical (unpaired) electrons. The van der Waals surface area contributed by atoms with Gasteiger partial charge in [0.2, 0.25) is 17.8 Å². The minimum atomic E-state index is 0.298. The molecular weight excluding hydrogens is 272 g/mol. The Bertz CT molecular complexity index is 408. The van der Waals surface area contributed by atoms with E-state index in [1.807, 2.05) is 11.8 Å². The summed E-state index contributed by atoms with van der Waals surface area (Å²) in [5.74, 6) is 2.80. The monoisotopic (exact) mass is 296 g/mol. The average molecular weight is 296 g/mol. The van der Waals surface area contributed by atoms with Crippen molar-refractivity contribution in [1.82, 2.24) is 15.0 Å². The first kappa shape index (κ1) is 15.2.